The number of halogens is 2. The van der Waals surface area contributed by atoms with Crippen LogP contribution in [0.15, 0.2) is 85.1 Å². The summed E-state index contributed by atoms with van der Waals surface area (Å²) in [4.78, 5) is 25.7. The van der Waals surface area contributed by atoms with Crippen LogP contribution in [0, 0.1) is 0 Å². The van der Waals surface area contributed by atoms with Gasteiger partial charge in [-0.3, -0.25) is 9.59 Å². The highest BCUT2D eigenvalue weighted by Gasteiger charge is 2.18. The number of ether oxygens (including phenoxy) is 1. The first-order chi connectivity index (χ1) is 15.5. The van der Waals surface area contributed by atoms with Gasteiger partial charge in [-0.1, -0.05) is 65.7 Å². The Balaban J connectivity index is 1.49. The van der Waals surface area contributed by atoms with Gasteiger partial charge < -0.3 is 10.1 Å². The molecule has 4 rings (SSSR count). The smallest absolute Gasteiger partial charge is 0.276 e. The van der Waals surface area contributed by atoms with Gasteiger partial charge >= 0.3 is 0 Å². The fraction of sp³-hybridized carbons (Fsp3) is 0.0417. The van der Waals surface area contributed by atoms with Crippen molar-refractivity contribution in [3.8, 4) is 5.75 Å². The number of amides is 1. The maximum absolute atomic E-state index is 12.9. The highest BCUT2D eigenvalue weighted by atomic mass is 35.5. The highest BCUT2D eigenvalue weighted by molar-refractivity contribution is 6.32. The Labute approximate surface area is 194 Å². The van der Waals surface area contributed by atoms with Crippen molar-refractivity contribution in [3.63, 3.8) is 0 Å². The van der Waals surface area contributed by atoms with Crippen LogP contribution >= 0.6 is 23.2 Å². The lowest BCUT2D eigenvalue weighted by atomic mass is 10.0. The van der Waals surface area contributed by atoms with E-state index in [0.717, 1.165) is 0 Å². The van der Waals surface area contributed by atoms with Crippen molar-refractivity contribution in [3.05, 3.63) is 112 Å². The van der Waals surface area contributed by atoms with Gasteiger partial charge in [-0.05, 0) is 36.4 Å². The minimum absolute atomic E-state index is 0.0791. The summed E-state index contributed by atoms with van der Waals surface area (Å²) in [7, 11) is 0. The molecule has 4 aromatic rings. The van der Waals surface area contributed by atoms with E-state index in [1.165, 1.54) is 10.7 Å². The molecule has 1 N–H and O–H groups in total. The number of para-hydroxylation sites is 1. The second-order valence-corrected chi connectivity index (χ2v) is 7.63. The number of anilines is 1. The Morgan fingerprint density at radius 1 is 0.938 bits per heavy atom. The zero-order valence-corrected chi connectivity index (χ0v) is 18.2. The van der Waals surface area contributed by atoms with Crippen LogP contribution in [0.3, 0.4) is 0 Å². The summed E-state index contributed by atoms with van der Waals surface area (Å²) in [5.41, 5.74) is 1.29. The third-order valence-corrected chi connectivity index (χ3v) is 5.12. The van der Waals surface area contributed by atoms with Gasteiger partial charge in [-0.2, -0.15) is 5.10 Å². The zero-order valence-electron chi connectivity index (χ0n) is 16.7. The van der Waals surface area contributed by atoms with Crippen molar-refractivity contribution in [2.24, 2.45) is 0 Å². The topological polar surface area (TPSA) is 73.2 Å². The van der Waals surface area contributed by atoms with Crippen molar-refractivity contribution in [2.45, 2.75) is 6.73 Å². The summed E-state index contributed by atoms with van der Waals surface area (Å²) < 4.78 is 7.09. The van der Waals surface area contributed by atoms with Crippen molar-refractivity contribution in [1.82, 2.24) is 9.78 Å². The summed E-state index contributed by atoms with van der Waals surface area (Å²) in [5, 5.41) is 7.85. The average Bonchev–Trinajstić information content (AvgIpc) is 3.29. The number of nitrogens with one attached hydrogen (secondary N) is 1. The van der Waals surface area contributed by atoms with E-state index in [0.29, 0.717) is 32.6 Å². The Morgan fingerprint density at radius 3 is 2.47 bits per heavy atom. The van der Waals surface area contributed by atoms with Crippen LogP contribution in [0.1, 0.15) is 26.4 Å². The molecule has 0 radical (unpaired) electrons. The van der Waals surface area contributed by atoms with Crippen LogP contribution in [0.5, 0.6) is 5.75 Å². The summed E-state index contributed by atoms with van der Waals surface area (Å²) in [5.74, 6) is -0.200. The number of carbonyl (C=O) groups is 2. The fourth-order valence-electron chi connectivity index (χ4n) is 3.00. The molecule has 160 valence electrons. The van der Waals surface area contributed by atoms with E-state index >= 15 is 0 Å². The largest absolute Gasteiger partial charge is 0.470 e. The molecule has 0 unspecified atom stereocenters. The van der Waals surface area contributed by atoms with Gasteiger partial charge in [0.05, 0.1) is 10.7 Å². The molecule has 8 heteroatoms. The SMILES string of the molecule is O=C(Nc1ccc(Cl)cc1C(=O)c1ccccc1)c1ccn(COc2ccccc2Cl)n1. The molecule has 3 aromatic carbocycles. The molecule has 0 spiro atoms. The molecule has 0 atom stereocenters. The van der Waals surface area contributed by atoms with Crippen molar-refractivity contribution in [1.29, 1.82) is 0 Å². The number of hydrogen-bond acceptors (Lipinski definition) is 4. The van der Waals surface area contributed by atoms with Gasteiger partial charge in [-0.15, -0.1) is 0 Å². The van der Waals surface area contributed by atoms with E-state index in [9.17, 15) is 9.59 Å². The molecule has 0 fully saturated rings. The molecule has 0 aliphatic heterocycles. The van der Waals surface area contributed by atoms with Crippen molar-refractivity contribution < 1.29 is 14.3 Å². The highest BCUT2D eigenvalue weighted by Crippen LogP contribution is 2.25. The molecule has 32 heavy (non-hydrogen) atoms. The Bertz CT molecular complexity index is 1270. The number of nitrogens with zero attached hydrogens (tertiary/aromatic N) is 2. The van der Waals surface area contributed by atoms with Crippen molar-refractivity contribution >= 4 is 40.6 Å². The van der Waals surface area contributed by atoms with Crippen molar-refractivity contribution in [2.75, 3.05) is 5.32 Å². The molecule has 1 heterocycles. The number of aromatic nitrogens is 2. The van der Waals surface area contributed by atoms with Gasteiger partial charge in [0.15, 0.2) is 18.2 Å². The van der Waals surface area contributed by atoms with E-state index < -0.39 is 5.91 Å². The monoisotopic (exact) mass is 465 g/mol. The standard InChI is InChI=1S/C24H17Cl2N3O3/c25-17-10-11-20(18(14-17)23(30)16-6-2-1-3-7-16)27-24(31)21-12-13-29(28-21)15-32-22-9-5-4-8-19(22)26/h1-14H,15H2,(H,27,31). The normalized spacial score (nSPS) is 10.6. The van der Waals surface area contributed by atoms with E-state index in [1.54, 1.807) is 66.9 Å². The van der Waals surface area contributed by atoms with Crippen LogP contribution < -0.4 is 10.1 Å². The lowest BCUT2D eigenvalue weighted by Gasteiger charge is -2.10. The first-order valence-corrected chi connectivity index (χ1v) is 10.4. The first kappa shape index (κ1) is 21.6. The van der Waals surface area contributed by atoms with Gasteiger partial charge in [-0.25, -0.2) is 4.68 Å². The predicted octanol–water partition coefficient (Wildman–Crippen LogP) is 5.71. The molecule has 0 bridgehead atoms. The molecule has 0 saturated heterocycles. The number of carbonyl (C=O) groups excluding carboxylic acids is 2. The Hall–Kier alpha value is -3.61. The van der Waals surface area contributed by atoms with E-state index in [2.05, 4.69) is 10.4 Å². The van der Waals surface area contributed by atoms with Gasteiger partial charge in [0.2, 0.25) is 0 Å². The number of rotatable bonds is 7. The molecule has 1 amide bonds. The average molecular weight is 466 g/mol. The summed E-state index contributed by atoms with van der Waals surface area (Å²) in [6, 6.07) is 22.1. The lowest BCUT2D eigenvalue weighted by molar-refractivity contribution is 0.102. The minimum Gasteiger partial charge on any atom is -0.470 e. The third kappa shape index (κ3) is 4.99. The molecule has 0 saturated carbocycles. The van der Waals surface area contributed by atoms with Gasteiger partial charge in [0, 0.05) is 22.3 Å². The van der Waals surface area contributed by atoms with Crippen LogP contribution in [0.4, 0.5) is 5.69 Å². The van der Waals surface area contributed by atoms with E-state index in [-0.39, 0.29) is 18.2 Å². The molecular weight excluding hydrogens is 449 g/mol. The minimum atomic E-state index is -0.467. The molecule has 0 aliphatic carbocycles. The van der Waals surface area contributed by atoms with Gasteiger partial charge in [0.1, 0.15) is 5.75 Å². The van der Waals surface area contributed by atoms with Gasteiger partial charge in [0.25, 0.3) is 5.91 Å². The quantitative estimate of drug-likeness (QED) is 0.354. The van der Waals surface area contributed by atoms with E-state index in [1.807, 2.05) is 12.1 Å². The fourth-order valence-corrected chi connectivity index (χ4v) is 3.36. The number of benzene rings is 3. The maximum Gasteiger partial charge on any atom is 0.276 e. The first-order valence-electron chi connectivity index (χ1n) is 9.63. The van der Waals surface area contributed by atoms with Crippen LogP contribution in [-0.4, -0.2) is 21.5 Å². The molecule has 0 aliphatic rings. The summed E-state index contributed by atoms with van der Waals surface area (Å²) in [6.07, 6.45) is 1.61. The molecular formula is C24H17Cl2N3O3. The number of hydrogen-bond donors (Lipinski definition) is 1. The third-order valence-electron chi connectivity index (χ3n) is 4.57. The van der Waals surface area contributed by atoms with Crippen LogP contribution in [0.25, 0.3) is 0 Å². The predicted molar refractivity (Wildman–Crippen MR) is 124 cm³/mol. The van der Waals surface area contributed by atoms with Crippen LogP contribution in [-0.2, 0) is 6.73 Å². The Morgan fingerprint density at radius 2 is 1.69 bits per heavy atom. The second-order valence-electron chi connectivity index (χ2n) is 6.78. The molecule has 1 aromatic heterocycles. The summed E-state index contributed by atoms with van der Waals surface area (Å²) >= 11 is 12.2. The number of ketones is 1. The summed E-state index contributed by atoms with van der Waals surface area (Å²) in [6.45, 7) is 0.0791. The lowest BCUT2D eigenvalue weighted by Crippen LogP contribution is -2.16. The zero-order chi connectivity index (χ0) is 22.5. The second kappa shape index (κ2) is 9.68. The van der Waals surface area contributed by atoms with E-state index in [4.69, 9.17) is 27.9 Å². The Kier molecular flexibility index (Phi) is 6.54. The van der Waals surface area contributed by atoms with Crippen LogP contribution in [0.2, 0.25) is 10.0 Å². The molecule has 6 nitrogen and oxygen atoms in total. The maximum atomic E-state index is 12.9.